The Morgan fingerprint density at radius 2 is 0.745 bits per heavy atom. The lowest BCUT2D eigenvalue weighted by Crippen LogP contribution is -2.14. The highest BCUT2D eigenvalue weighted by atomic mass is 15.0. The van der Waals surface area contributed by atoms with Gasteiger partial charge in [-0.05, 0) is 84.6 Å². The summed E-state index contributed by atoms with van der Waals surface area (Å²) >= 11 is 0. The fourth-order valence-electron chi connectivity index (χ4n) is 8.40. The SMILES string of the molecule is CC1(C)c2ccccc2-c2c(-c3ccc(-c4nc(-c5cccc(-c6ccccc6)c5)nc(-c5cccc(-c6ccccc6)c5)n4)c4ccccc34)cccc21. The van der Waals surface area contributed by atoms with Crippen LogP contribution in [0.25, 0.3) is 89.4 Å². The monoisotopic (exact) mass is 703 g/mol. The van der Waals surface area contributed by atoms with E-state index in [4.69, 9.17) is 15.0 Å². The first-order valence-corrected chi connectivity index (χ1v) is 18.9. The van der Waals surface area contributed by atoms with E-state index >= 15 is 0 Å². The highest BCUT2D eigenvalue weighted by Crippen LogP contribution is 2.53. The summed E-state index contributed by atoms with van der Waals surface area (Å²) in [5.41, 5.74) is 15.1. The molecular weight excluding hydrogens is 667 g/mol. The van der Waals surface area contributed by atoms with Crippen LogP contribution < -0.4 is 0 Å². The smallest absolute Gasteiger partial charge is 0.164 e. The number of aromatic nitrogens is 3. The average Bonchev–Trinajstić information content (AvgIpc) is 3.50. The van der Waals surface area contributed by atoms with Crippen LogP contribution in [0.3, 0.4) is 0 Å². The van der Waals surface area contributed by atoms with E-state index in [2.05, 4.69) is 190 Å². The predicted octanol–water partition coefficient (Wildman–Crippen LogP) is 13.3. The Balaban J connectivity index is 1.17. The van der Waals surface area contributed by atoms with Crippen molar-refractivity contribution in [2.45, 2.75) is 19.3 Å². The van der Waals surface area contributed by atoms with Gasteiger partial charge in [0, 0.05) is 22.1 Å². The zero-order valence-electron chi connectivity index (χ0n) is 30.7. The molecule has 8 aromatic carbocycles. The van der Waals surface area contributed by atoms with Crippen LogP contribution >= 0.6 is 0 Å². The van der Waals surface area contributed by atoms with Crippen LogP contribution in [-0.4, -0.2) is 15.0 Å². The first kappa shape index (κ1) is 32.7. The summed E-state index contributed by atoms with van der Waals surface area (Å²) in [7, 11) is 0. The molecule has 0 saturated carbocycles. The summed E-state index contributed by atoms with van der Waals surface area (Å²) in [5.74, 6) is 1.91. The molecule has 0 N–H and O–H groups in total. The second kappa shape index (κ2) is 13.2. The van der Waals surface area contributed by atoms with Crippen molar-refractivity contribution >= 4 is 10.8 Å². The summed E-state index contributed by atoms with van der Waals surface area (Å²) in [6.45, 7) is 4.67. The van der Waals surface area contributed by atoms with Gasteiger partial charge in [0.1, 0.15) is 0 Å². The Morgan fingerprint density at radius 1 is 0.309 bits per heavy atom. The lowest BCUT2D eigenvalue weighted by Gasteiger charge is -2.21. The Bertz CT molecular complexity index is 2790. The summed E-state index contributed by atoms with van der Waals surface area (Å²) in [5, 5.41) is 2.26. The topological polar surface area (TPSA) is 38.7 Å². The maximum Gasteiger partial charge on any atom is 0.164 e. The molecule has 260 valence electrons. The van der Waals surface area contributed by atoms with Crippen molar-refractivity contribution in [3.8, 4) is 78.7 Å². The highest BCUT2D eigenvalue weighted by Gasteiger charge is 2.36. The van der Waals surface area contributed by atoms with Crippen LogP contribution in [0.15, 0.2) is 188 Å². The molecule has 3 nitrogen and oxygen atoms in total. The molecule has 1 aliphatic carbocycles. The van der Waals surface area contributed by atoms with E-state index < -0.39 is 0 Å². The van der Waals surface area contributed by atoms with Gasteiger partial charge < -0.3 is 0 Å². The minimum absolute atomic E-state index is 0.0784. The number of rotatable bonds is 6. The number of nitrogens with zero attached hydrogens (tertiary/aromatic N) is 3. The van der Waals surface area contributed by atoms with E-state index in [1.165, 1.54) is 33.4 Å². The minimum Gasteiger partial charge on any atom is -0.208 e. The molecule has 0 radical (unpaired) electrons. The van der Waals surface area contributed by atoms with Crippen LogP contribution in [0, 0.1) is 0 Å². The average molecular weight is 704 g/mol. The van der Waals surface area contributed by atoms with Crippen LogP contribution in [0.2, 0.25) is 0 Å². The maximum atomic E-state index is 5.25. The van der Waals surface area contributed by atoms with Crippen LogP contribution in [0.1, 0.15) is 25.0 Å². The molecule has 0 aliphatic heterocycles. The fourth-order valence-corrected chi connectivity index (χ4v) is 8.40. The molecule has 9 aromatic rings. The van der Waals surface area contributed by atoms with E-state index in [0.717, 1.165) is 49.7 Å². The maximum absolute atomic E-state index is 5.25. The Hall–Kier alpha value is -6.97. The largest absolute Gasteiger partial charge is 0.208 e. The van der Waals surface area contributed by atoms with Crippen molar-refractivity contribution in [2.24, 2.45) is 0 Å². The molecule has 1 heterocycles. The Labute approximate surface area is 321 Å². The molecule has 0 bridgehead atoms. The first-order valence-electron chi connectivity index (χ1n) is 18.9. The van der Waals surface area contributed by atoms with E-state index in [0.29, 0.717) is 17.5 Å². The number of hydrogen-bond donors (Lipinski definition) is 0. The van der Waals surface area contributed by atoms with E-state index in [9.17, 15) is 0 Å². The molecule has 1 aliphatic rings. The molecule has 0 unspecified atom stereocenters. The van der Waals surface area contributed by atoms with Crippen molar-refractivity contribution < 1.29 is 0 Å². The molecule has 0 fully saturated rings. The first-order chi connectivity index (χ1) is 27.0. The van der Waals surface area contributed by atoms with Crippen molar-refractivity contribution in [3.05, 3.63) is 199 Å². The molecule has 0 atom stereocenters. The van der Waals surface area contributed by atoms with Gasteiger partial charge in [0.15, 0.2) is 17.5 Å². The summed E-state index contributed by atoms with van der Waals surface area (Å²) < 4.78 is 0. The lowest BCUT2D eigenvalue weighted by molar-refractivity contribution is 0.660. The molecule has 3 heteroatoms. The van der Waals surface area contributed by atoms with Gasteiger partial charge in [-0.2, -0.15) is 0 Å². The van der Waals surface area contributed by atoms with Gasteiger partial charge in [-0.15, -0.1) is 0 Å². The van der Waals surface area contributed by atoms with E-state index in [1.807, 2.05) is 12.1 Å². The minimum atomic E-state index is -0.0784. The van der Waals surface area contributed by atoms with Crippen LogP contribution in [0.5, 0.6) is 0 Å². The van der Waals surface area contributed by atoms with Gasteiger partial charge in [-0.3, -0.25) is 0 Å². The van der Waals surface area contributed by atoms with Gasteiger partial charge in [0.2, 0.25) is 0 Å². The molecule has 10 rings (SSSR count). The van der Waals surface area contributed by atoms with Gasteiger partial charge >= 0.3 is 0 Å². The summed E-state index contributed by atoms with van der Waals surface area (Å²) in [4.78, 5) is 15.7. The summed E-state index contributed by atoms with van der Waals surface area (Å²) in [6, 6.07) is 66.6. The van der Waals surface area contributed by atoms with Crippen molar-refractivity contribution in [2.75, 3.05) is 0 Å². The van der Waals surface area contributed by atoms with Crippen molar-refractivity contribution in [1.29, 1.82) is 0 Å². The molecule has 0 spiro atoms. The molecule has 0 saturated heterocycles. The predicted molar refractivity (Wildman–Crippen MR) is 228 cm³/mol. The normalized spacial score (nSPS) is 12.7. The number of fused-ring (bicyclic) bond motifs is 4. The van der Waals surface area contributed by atoms with Crippen molar-refractivity contribution in [1.82, 2.24) is 15.0 Å². The lowest BCUT2D eigenvalue weighted by atomic mass is 9.81. The standard InChI is InChI=1S/C52H37N3/c1-52(2)46-28-12-11-26-45(46)48-43(27-15-29-47(48)52)42-30-31-44(41-25-10-9-24-40(41)42)51-54-49(38-22-13-20-36(32-38)34-16-5-3-6-17-34)53-50(55-51)39-23-14-21-37(33-39)35-18-7-4-8-19-35/h3-33H,1-2H3. The third kappa shape index (κ3) is 5.64. The molecule has 0 amide bonds. The number of hydrogen-bond acceptors (Lipinski definition) is 3. The van der Waals surface area contributed by atoms with Crippen LogP contribution in [-0.2, 0) is 5.41 Å². The fraction of sp³-hybridized carbons (Fsp3) is 0.0577. The number of benzene rings is 8. The highest BCUT2D eigenvalue weighted by molar-refractivity contribution is 6.07. The zero-order chi connectivity index (χ0) is 36.9. The Morgan fingerprint density at radius 3 is 1.38 bits per heavy atom. The second-order valence-corrected chi connectivity index (χ2v) is 14.8. The third-order valence-corrected chi connectivity index (χ3v) is 11.2. The molecular formula is C52H37N3. The van der Waals surface area contributed by atoms with E-state index in [-0.39, 0.29) is 5.41 Å². The van der Waals surface area contributed by atoms with E-state index in [1.54, 1.807) is 0 Å². The van der Waals surface area contributed by atoms with Gasteiger partial charge in [-0.1, -0.05) is 184 Å². The van der Waals surface area contributed by atoms with Crippen LogP contribution in [0.4, 0.5) is 0 Å². The summed E-state index contributed by atoms with van der Waals surface area (Å²) in [6.07, 6.45) is 0. The second-order valence-electron chi connectivity index (χ2n) is 14.8. The zero-order valence-corrected chi connectivity index (χ0v) is 30.7. The van der Waals surface area contributed by atoms with Gasteiger partial charge in [0.05, 0.1) is 0 Å². The van der Waals surface area contributed by atoms with Gasteiger partial charge in [0.25, 0.3) is 0 Å². The quantitative estimate of drug-likeness (QED) is 0.173. The van der Waals surface area contributed by atoms with Crippen molar-refractivity contribution in [3.63, 3.8) is 0 Å². The third-order valence-electron chi connectivity index (χ3n) is 11.2. The molecule has 1 aromatic heterocycles. The van der Waals surface area contributed by atoms with Gasteiger partial charge in [-0.25, -0.2) is 15.0 Å². The molecule has 55 heavy (non-hydrogen) atoms. The Kier molecular flexibility index (Phi) is 7.81.